The lowest BCUT2D eigenvalue weighted by Crippen LogP contribution is -2.31. The van der Waals surface area contributed by atoms with Crippen LogP contribution in [0.25, 0.3) is 0 Å². The molecule has 0 aliphatic carbocycles. The Bertz CT molecular complexity index is 661. The summed E-state index contributed by atoms with van der Waals surface area (Å²) in [5.41, 5.74) is 3.20. The molecule has 0 saturated carbocycles. The lowest BCUT2D eigenvalue weighted by atomic mass is 10.1. The quantitative estimate of drug-likeness (QED) is 0.788. The van der Waals surface area contributed by atoms with E-state index >= 15 is 0 Å². The predicted molar refractivity (Wildman–Crippen MR) is 95.5 cm³/mol. The smallest absolute Gasteiger partial charge is 0.239 e. The van der Waals surface area contributed by atoms with E-state index in [9.17, 15) is 4.79 Å². The van der Waals surface area contributed by atoms with Crippen LogP contribution in [0.5, 0.6) is 0 Å². The molecule has 0 spiro atoms. The molecule has 5 heteroatoms. The molecule has 0 aliphatic heterocycles. The van der Waals surface area contributed by atoms with Crippen LogP contribution in [0.3, 0.4) is 0 Å². The third-order valence-corrected chi connectivity index (χ3v) is 4.34. The standard InChI is InChI=1S/C17H18BrClN2O/c1-12-5-6-15(10-16(12)18)21-11-17(22)20-8-7-13-3-2-4-14(19)9-13/h2-6,9-10,21H,7-8,11H2,1H3,(H,20,22). The van der Waals surface area contributed by atoms with Crippen LogP contribution in [0.15, 0.2) is 46.9 Å². The van der Waals surface area contributed by atoms with E-state index in [1.165, 1.54) is 0 Å². The first-order valence-corrected chi connectivity index (χ1v) is 8.23. The average molecular weight is 382 g/mol. The van der Waals surface area contributed by atoms with Gasteiger partial charge in [0.25, 0.3) is 0 Å². The van der Waals surface area contributed by atoms with E-state index in [2.05, 4.69) is 26.6 Å². The SMILES string of the molecule is Cc1ccc(NCC(=O)NCCc2cccc(Cl)c2)cc1Br. The number of rotatable bonds is 6. The Labute approximate surface area is 144 Å². The molecule has 0 aliphatic rings. The molecule has 1 amide bonds. The minimum absolute atomic E-state index is 0.0290. The molecule has 2 aromatic rings. The predicted octanol–water partition coefficient (Wildman–Crippen LogP) is 4.18. The molecule has 2 N–H and O–H groups in total. The van der Waals surface area contributed by atoms with Crippen molar-refractivity contribution in [3.63, 3.8) is 0 Å². The maximum absolute atomic E-state index is 11.8. The molecule has 0 fully saturated rings. The van der Waals surface area contributed by atoms with Gasteiger partial charge in [-0.3, -0.25) is 4.79 Å². The Kier molecular flexibility index (Phi) is 6.28. The maximum Gasteiger partial charge on any atom is 0.239 e. The average Bonchev–Trinajstić information content (AvgIpc) is 2.48. The summed E-state index contributed by atoms with van der Waals surface area (Å²) in [7, 11) is 0. The van der Waals surface area contributed by atoms with Crippen molar-refractivity contribution in [1.82, 2.24) is 5.32 Å². The summed E-state index contributed by atoms with van der Waals surface area (Å²) in [6.07, 6.45) is 0.766. The van der Waals surface area contributed by atoms with E-state index in [-0.39, 0.29) is 12.5 Å². The van der Waals surface area contributed by atoms with Gasteiger partial charge in [-0.05, 0) is 48.7 Å². The topological polar surface area (TPSA) is 41.1 Å². The second-order valence-electron chi connectivity index (χ2n) is 5.05. The van der Waals surface area contributed by atoms with Crippen molar-refractivity contribution >= 4 is 39.1 Å². The fourth-order valence-corrected chi connectivity index (χ4v) is 2.58. The van der Waals surface area contributed by atoms with Gasteiger partial charge in [-0.1, -0.05) is 45.7 Å². The van der Waals surface area contributed by atoms with Crippen molar-refractivity contribution in [2.24, 2.45) is 0 Å². The van der Waals surface area contributed by atoms with Gasteiger partial charge in [0, 0.05) is 21.7 Å². The van der Waals surface area contributed by atoms with Gasteiger partial charge in [0.15, 0.2) is 0 Å². The van der Waals surface area contributed by atoms with Crippen LogP contribution in [0.2, 0.25) is 5.02 Å². The highest BCUT2D eigenvalue weighted by molar-refractivity contribution is 9.10. The first-order chi connectivity index (χ1) is 10.5. The monoisotopic (exact) mass is 380 g/mol. The number of hydrogen-bond acceptors (Lipinski definition) is 2. The summed E-state index contributed by atoms with van der Waals surface area (Å²) in [6.45, 7) is 2.87. The minimum Gasteiger partial charge on any atom is -0.376 e. The number of halogens is 2. The molecule has 2 aromatic carbocycles. The van der Waals surface area contributed by atoms with Gasteiger partial charge in [-0.2, -0.15) is 0 Å². The number of amides is 1. The van der Waals surface area contributed by atoms with Gasteiger partial charge >= 0.3 is 0 Å². The maximum atomic E-state index is 11.8. The summed E-state index contributed by atoms with van der Waals surface area (Å²) in [5, 5.41) is 6.72. The molecule has 0 heterocycles. The van der Waals surface area contributed by atoms with Crippen LogP contribution in [-0.4, -0.2) is 19.0 Å². The molecular formula is C17H18BrClN2O. The van der Waals surface area contributed by atoms with Gasteiger partial charge in [-0.15, -0.1) is 0 Å². The highest BCUT2D eigenvalue weighted by Gasteiger charge is 2.02. The zero-order valence-electron chi connectivity index (χ0n) is 12.3. The number of aryl methyl sites for hydroxylation is 1. The lowest BCUT2D eigenvalue weighted by Gasteiger charge is -2.09. The summed E-state index contributed by atoms with van der Waals surface area (Å²) < 4.78 is 1.03. The summed E-state index contributed by atoms with van der Waals surface area (Å²) in [4.78, 5) is 11.8. The van der Waals surface area contributed by atoms with Crippen LogP contribution in [0, 0.1) is 6.92 Å². The number of carbonyl (C=O) groups excluding carboxylic acids is 1. The van der Waals surface area contributed by atoms with Crippen LogP contribution < -0.4 is 10.6 Å². The Balaban J connectivity index is 1.72. The van der Waals surface area contributed by atoms with Crippen LogP contribution in [0.4, 0.5) is 5.69 Å². The molecule has 116 valence electrons. The molecule has 0 atom stereocenters. The molecular weight excluding hydrogens is 364 g/mol. The molecule has 0 saturated heterocycles. The van der Waals surface area contributed by atoms with Crippen LogP contribution in [0.1, 0.15) is 11.1 Å². The van der Waals surface area contributed by atoms with Gasteiger partial charge in [0.1, 0.15) is 0 Å². The van der Waals surface area contributed by atoms with Crippen LogP contribution >= 0.6 is 27.5 Å². The molecule has 2 rings (SSSR count). The van der Waals surface area contributed by atoms with E-state index in [1.807, 2.05) is 49.4 Å². The molecule has 3 nitrogen and oxygen atoms in total. The second kappa shape index (κ2) is 8.20. The first-order valence-electron chi connectivity index (χ1n) is 7.06. The second-order valence-corrected chi connectivity index (χ2v) is 6.34. The van der Waals surface area contributed by atoms with Crippen LogP contribution in [-0.2, 0) is 11.2 Å². The zero-order chi connectivity index (χ0) is 15.9. The lowest BCUT2D eigenvalue weighted by molar-refractivity contribution is -0.119. The summed E-state index contributed by atoms with van der Waals surface area (Å²) >= 11 is 9.40. The molecule has 0 radical (unpaired) electrons. The first kappa shape index (κ1) is 16.8. The van der Waals surface area contributed by atoms with Crippen molar-refractivity contribution in [1.29, 1.82) is 0 Å². The number of anilines is 1. The highest BCUT2D eigenvalue weighted by atomic mass is 79.9. The Hall–Kier alpha value is -1.52. The third kappa shape index (κ3) is 5.35. The van der Waals surface area contributed by atoms with Gasteiger partial charge in [-0.25, -0.2) is 0 Å². The van der Waals surface area contributed by atoms with Crippen molar-refractivity contribution in [2.45, 2.75) is 13.3 Å². The Morgan fingerprint density at radius 2 is 2.05 bits per heavy atom. The van der Waals surface area contributed by atoms with Crippen molar-refractivity contribution < 1.29 is 4.79 Å². The molecule has 0 bridgehead atoms. The molecule has 22 heavy (non-hydrogen) atoms. The fourth-order valence-electron chi connectivity index (χ4n) is 1.99. The summed E-state index contributed by atoms with van der Waals surface area (Å²) in [6, 6.07) is 13.6. The molecule has 0 aromatic heterocycles. The normalized spacial score (nSPS) is 10.3. The number of nitrogens with one attached hydrogen (secondary N) is 2. The van der Waals surface area contributed by atoms with E-state index < -0.39 is 0 Å². The Morgan fingerprint density at radius 1 is 1.23 bits per heavy atom. The highest BCUT2D eigenvalue weighted by Crippen LogP contribution is 2.20. The molecule has 0 unspecified atom stereocenters. The largest absolute Gasteiger partial charge is 0.376 e. The minimum atomic E-state index is -0.0290. The van der Waals surface area contributed by atoms with Crippen molar-refractivity contribution in [3.8, 4) is 0 Å². The van der Waals surface area contributed by atoms with Gasteiger partial charge in [0.2, 0.25) is 5.91 Å². The van der Waals surface area contributed by atoms with Crippen molar-refractivity contribution in [3.05, 3.63) is 63.1 Å². The fraction of sp³-hybridized carbons (Fsp3) is 0.235. The van der Waals surface area contributed by atoms with Gasteiger partial charge in [0.05, 0.1) is 6.54 Å². The van der Waals surface area contributed by atoms with E-state index in [4.69, 9.17) is 11.6 Å². The number of carbonyl (C=O) groups is 1. The summed E-state index contributed by atoms with van der Waals surface area (Å²) in [5.74, 6) is -0.0290. The third-order valence-electron chi connectivity index (χ3n) is 3.25. The van der Waals surface area contributed by atoms with E-state index in [0.29, 0.717) is 6.54 Å². The Morgan fingerprint density at radius 3 is 2.77 bits per heavy atom. The number of benzene rings is 2. The van der Waals surface area contributed by atoms with Crippen molar-refractivity contribution in [2.75, 3.05) is 18.4 Å². The van der Waals surface area contributed by atoms with Gasteiger partial charge < -0.3 is 10.6 Å². The van der Waals surface area contributed by atoms with E-state index in [1.54, 1.807) is 0 Å². The number of hydrogen-bond donors (Lipinski definition) is 2. The van der Waals surface area contributed by atoms with E-state index in [0.717, 1.165) is 32.7 Å². The zero-order valence-corrected chi connectivity index (χ0v) is 14.7.